The second-order valence-corrected chi connectivity index (χ2v) is 6.29. The normalized spacial score (nSPS) is 13.4. The first-order valence-corrected chi connectivity index (χ1v) is 7.95. The van der Waals surface area contributed by atoms with Crippen LogP contribution in [0.25, 0.3) is 0 Å². The zero-order valence-corrected chi connectivity index (χ0v) is 13.9. The lowest BCUT2D eigenvalue weighted by Gasteiger charge is -2.13. The Morgan fingerprint density at radius 1 is 1.04 bits per heavy atom. The number of carbonyl (C=O) groups excluding carboxylic acids is 3. The Labute approximate surface area is 144 Å². The molecule has 3 amide bonds. The average molecular weight is 340 g/mol. The van der Waals surface area contributed by atoms with Gasteiger partial charge in [0.25, 0.3) is 17.7 Å². The smallest absolute Gasteiger partial charge is 0.266 e. The second-order valence-electron chi connectivity index (χ2n) is 6.29. The maximum absolute atomic E-state index is 13.1. The zero-order chi connectivity index (χ0) is 18.1. The summed E-state index contributed by atoms with van der Waals surface area (Å²) in [6, 6.07) is 9.53. The molecule has 0 aliphatic carbocycles. The van der Waals surface area contributed by atoms with Gasteiger partial charge in [-0.05, 0) is 48.4 Å². The molecule has 6 heteroatoms. The predicted molar refractivity (Wildman–Crippen MR) is 91.2 cm³/mol. The summed E-state index contributed by atoms with van der Waals surface area (Å²) in [6.07, 6.45) is 0. The summed E-state index contributed by atoms with van der Waals surface area (Å²) in [5.74, 6) is -1.46. The van der Waals surface area contributed by atoms with Crippen molar-refractivity contribution in [2.24, 2.45) is 5.92 Å². The number of nitrogens with one attached hydrogen (secondary N) is 1. The van der Waals surface area contributed by atoms with Crippen LogP contribution in [-0.2, 0) is 0 Å². The number of rotatable bonds is 4. The van der Waals surface area contributed by atoms with Crippen molar-refractivity contribution in [2.45, 2.75) is 13.8 Å². The van der Waals surface area contributed by atoms with E-state index in [0.29, 0.717) is 23.7 Å². The quantitative estimate of drug-likeness (QED) is 0.870. The summed E-state index contributed by atoms with van der Waals surface area (Å²) < 4.78 is 13.1. The van der Waals surface area contributed by atoms with E-state index in [9.17, 15) is 18.8 Å². The summed E-state index contributed by atoms with van der Waals surface area (Å²) in [7, 11) is 0. The lowest BCUT2D eigenvalue weighted by atomic mass is 10.1. The van der Waals surface area contributed by atoms with E-state index in [1.807, 2.05) is 13.8 Å². The van der Waals surface area contributed by atoms with E-state index in [4.69, 9.17) is 0 Å². The van der Waals surface area contributed by atoms with Crippen LogP contribution in [0, 0.1) is 11.7 Å². The van der Waals surface area contributed by atoms with Gasteiger partial charge in [0, 0.05) is 12.1 Å². The van der Waals surface area contributed by atoms with Crippen molar-refractivity contribution >= 4 is 23.4 Å². The third kappa shape index (κ3) is 3.15. The molecule has 128 valence electrons. The summed E-state index contributed by atoms with van der Waals surface area (Å²) in [4.78, 5) is 38.3. The highest BCUT2D eigenvalue weighted by Gasteiger charge is 2.37. The topological polar surface area (TPSA) is 66.5 Å². The SMILES string of the molecule is CC(C)CNC(=O)c1ccc2c(c1)C(=O)N(c1ccc(F)cc1)C2=O. The third-order valence-corrected chi connectivity index (χ3v) is 3.90. The van der Waals surface area contributed by atoms with Crippen LogP contribution in [0.5, 0.6) is 0 Å². The van der Waals surface area contributed by atoms with Crippen molar-refractivity contribution in [1.29, 1.82) is 0 Å². The minimum absolute atomic E-state index is 0.173. The largest absolute Gasteiger partial charge is 0.352 e. The van der Waals surface area contributed by atoms with Gasteiger partial charge in [0.15, 0.2) is 0 Å². The number of imide groups is 1. The minimum atomic E-state index is -0.523. The van der Waals surface area contributed by atoms with E-state index in [0.717, 1.165) is 4.90 Å². The summed E-state index contributed by atoms with van der Waals surface area (Å²) >= 11 is 0. The van der Waals surface area contributed by atoms with Crippen LogP contribution in [0.4, 0.5) is 10.1 Å². The molecule has 0 radical (unpaired) electrons. The fourth-order valence-corrected chi connectivity index (χ4v) is 2.61. The molecule has 0 aromatic heterocycles. The van der Waals surface area contributed by atoms with Crippen molar-refractivity contribution in [3.8, 4) is 0 Å². The maximum Gasteiger partial charge on any atom is 0.266 e. The molecule has 3 rings (SSSR count). The molecule has 1 aliphatic rings. The molecule has 1 N–H and O–H groups in total. The van der Waals surface area contributed by atoms with Crippen molar-refractivity contribution in [2.75, 3.05) is 11.4 Å². The average Bonchev–Trinajstić information content (AvgIpc) is 2.84. The zero-order valence-electron chi connectivity index (χ0n) is 13.9. The lowest BCUT2D eigenvalue weighted by molar-refractivity contribution is 0.0923. The molecular weight excluding hydrogens is 323 g/mol. The van der Waals surface area contributed by atoms with Gasteiger partial charge < -0.3 is 5.32 Å². The Kier molecular flexibility index (Phi) is 4.35. The maximum atomic E-state index is 13.1. The molecule has 2 aromatic rings. The fraction of sp³-hybridized carbons (Fsp3) is 0.211. The van der Waals surface area contributed by atoms with E-state index in [1.165, 1.54) is 42.5 Å². The Morgan fingerprint density at radius 2 is 1.68 bits per heavy atom. The summed E-state index contributed by atoms with van der Waals surface area (Å²) in [5.41, 5.74) is 1.01. The van der Waals surface area contributed by atoms with E-state index >= 15 is 0 Å². The van der Waals surface area contributed by atoms with Crippen LogP contribution in [-0.4, -0.2) is 24.3 Å². The number of hydrogen-bond acceptors (Lipinski definition) is 3. The van der Waals surface area contributed by atoms with E-state index in [1.54, 1.807) is 0 Å². The van der Waals surface area contributed by atoms with Crippen molar-refractivity contribution in [3.05, 3.63) is 65.0 Å². The highest BCUT2D eigenvalue weighted by Crippen LogP contribution is 2.29. The van der Waals surface area contributed by atoms with Crippen LogP contribution in [0.1, 0.15) is 44.9 Å². The Morgan fingerprint density at radius 3 is 2.32 bits per heavy atom. The number of fused-ring (bicyclic) bond motifs is 1. The third-order valence-electron chi connectivity index (χ3n) is 3.90. The predicted octanol–water partition coefficient (Wildman–Crippen LogP) is 3.01. The van der Waals surface area contributed by atoms with Gasteiger partial charge in [0.2, 0.25) is 0 Å². The first kappa shape index (κ1) is 16.8. The molecule has 2 aromatic carbocycles. The van der Waals surface area contributed by atoms with Gasteiger partial charge in [-0.15, -0.1) is 0 Å². The standard InChI is InChI=1S/C19H17FN2O3/c1-11(2)10-21-17(23)12-3-8-15-16(9-12)19(25)22(18(15)24)14-6-4-13(20)5-7-14/h3-9,11H,10H2,1-2H3,(H,21,23). The van der Waals surface area contributed by atoms with Crippen LogP contribution in [0.3, 0.4) is 0 Å². The molecule has 0 spiro atoms. The molecule has 0 atom stereocenters. The highest BCUT2D eigenvalue weighted by atomic mass is 19.1. The van der Waals surface area contributed by atoms with Crippen LogP contribution in [0.15, 0.2) is 42.5 Å². The van der Waals surface area contributed by atoms with E-state index in [2.05, 4.69) is 5.32 Å². The fourth-order valence-electron chi connectivity index (χ4n) is 2.61. The number of anilines is 1. The first-order chi connectivity index (χ1) is 11.9. The molecular formula is C19H17FN2O3. The molecule has 0 fully saturated rings. The lowest BCUT2D eigenvalue weighted by Crippen LogP contribution is -2.29. The molecule has 25 heavy (non-hydrogen) atoms. The van der Waals surface area contributed by atoms with Gasteiger partial charge in [-0.3, -0.25) is 14.4 Å². The number of halogens is 1. The van der Waals surface area contributed by atoms with Gasteiger partial charge in [-0.25, -0.2) is 9.29 Å². The molecule has 1 heterocycles. The molecule has 0 bridgehead atoms. The molecule has 0 saturated carbocycles. The van der Waals surface area contributed by atoms with Crippen LogP contribution < -0.4 is 10.2 Å². The van der Waals surface area contributed by atoms with E-state index in [-0.39, 0.29) is 17.0 Å². The Hall–Kier alpha value is -3.02. The van der Waals surface area contributed by atoms with Crippen molar-refractivity contribution < 1.29 is 18.8 Å². The Balaban J connectivity index is 1.90. The van der Waals surface area contributed by atoms with Crippen LogP contribution in [0.2, 0.25) is 0 Å². The first-order valence-electron chi connectivity index (χ1n) is 7.95. The molecule has 5 nitrogen and oxygen atoms in total. The van der Waals surface area contributed by atoms with Gasteiger partial charge in [-0.2, -0.15) is 0 Å². The number of hydrogen-bond donors (Lipinski definition) is 1. The highest BCUT2D eigenvalue weighted by molar-refractivity contribution is 6.34. The monoisotopic (exact) mass is 340 g/mol. The summed E-state index contributed by atoms with van der Waals surface area (Å²) in [5, 5.41) is 2.77. The Bertz CT molecular complexity index is 859. The molecule has 1 aliphatic heterocycles. The van der Waals surface area contributed by atoms with Crippen LogP contribution >= 0.6 is 0 Å². The summed E-state index contributed by atoms with van der Waals surface area (Å²) in [6.45, 7) is 4.47. The molecule has 0 saturated heterocycles. The van der Waals surface area contributed by atoms with Gasteiger partial charge in [0.1, 0.15) is 5.82 Å². The number of benzene rings is 2. The van der Waals surface area contributed by atoms with Gasteiger partial charge in [0.05, 0.1) is 16.8 Å². The van der Waals surface area contributed by atoms with E-state index < -0.39 is 17.6 Å². The number of nitrogens with zero attached hydrogens (tertiary/aromatic N) is 1. The number of amides is 3. The second kappa shape index (κ2) is 6.47. The van der Waals surface area contributed by atoms with Gasteiger partial charge in [-0.1, -0.05) is 13.8 Å². The number of carbonyl (C=O) groups is 3. The van der Waals surface area contributed by atoms with Gasteiger partial charge >= 0.3 is 0 Å². The molecule has 0 unspecified atom stereocenters. The van der Waals surface area contributed by atoms with Crippen molar-refractivity contribution in [1.82, 2.24) is 5.32 Å². The minimum Gasteiger partial charge on any atom is -0.352 e. The van der Waals surface area contributed by atoms with Crippen molar-refractivity contribution in [3.63, 3.8) is 0 Å².